The molecule has 0 bridgehead atoms. The second kappa shape index (κ2) is 49.0. The van der Waals surface area contributed by atoms with Gasteiger partial charge in [0.05, 0.1) is 64.9 Å². The minimum Gasteiger partial charge on any atom is -1.00 e. The number of hydrogen-bond donors (Lipinski definition) is 18. The highest BCUT2D eigenvalue weighted by Crippen LogP contribution is 2.41. The van der Waals surface area contributed by atoms with Gasteiger partial charge in [0.2, 0.25) is 64.9 Å². The van der Waals surface area contributed by atoms with Gasteiger partial charge in [-0.05, 0) is 149 Å². The first-order chi connectivity index (χ1) is 70.0. The Labute approximate surface area is 864 Å². The van der Waals surface area contributed by atoms with Gasteiger partial charge in [0, 0.05) is 96.0 Å². The molecule has 14 amide bonds. The normalized spacial score (nSPS) is 19.8. The van der Waals surface area contributed by atoms with E-state index in [0.717, 1.165) is 58.5 Å². The maximum Gasteiger partial charge on any atom is 0.300 e. The summed E-state index contributed by atoms with van der Waals surface area (Å²) in [6.07, 6.45) is 9.17. The number of halogens is 1. The number of carboxylic acids is 1. The molecular weight excluding hydrogens is 1950 g/mol. The van der Waals surface area contributed by atoms with Gasteiger partial charge in [-0.1, -0.05) is 164 Å². The van der Waals surface area contributed by atoms with Crippen LogP contribution in [0.2, 0.25) is 0 Å². The number of fused-ring (bicyclic) bond motifs is 3. The van der Waals surface area contributed by atoms with Crippen LogP contribution in [0.25, 0.3) is 32.3 Å². The molecule has 6 aliphatic rings. The van der Waals surface area contributed by atoms with Gasteiger partial charge in [-0.3, -0.25) is 76.7 Å². The van der Waals surface area contributed by atoms with E-state index in [-0.39, 0.29) is 89.3 Å². The molecule has 22 N–H and O–H groups in total. The number of aliphatic hydroxyl groups is 5. The van der Waals surface area contributed by atoms with E-state index in [1.54, 1.807) is 90.1 Å². The van der Waals surface area contributed by atoms with Crippen molar-refractivity contribution in [2.45, 2.75) is 278 Å². The van der Waals surface area contributed by atoms with Crippen molar-refractivity contribution in [3.8, 4) is 0 Å². The van der Waals surface area contributed by atoms with Crippen LogP contribution in [-0.4, -0.2) is 289 Å². The SMILES string of the molecule is CC(=O)NC[C@@H](NC(=O)c1ccc2ccccc2c1)C(=O)N1C[C@@H](n2nncc2C(C)(C)O)C[C@H]1C(=O)NC1(C(=O)C(N)=O)CCCCC1.CC(=O)NC[C@@H](NC(=O)c1ccc2ccccc2c1)C(=O)N1C[C@@H](n2nncc2C(C)(C)O)C[C@H]1C(=O)NC1(C(O)C(N)=O)CCCCC1.CC(=O)O.CC(C)(O)c1cnnn1[C@H]1C[C@@H](C(=O)NC2(C(O)C(N)=O)CCCCC2)N(C(=O)[C@@H](CN)NC(=O)c2ccc3ccccc3c2)C1.[Cl-]. The Morgan fingerprint density at radius 3 is 0.953 bits per heavy atom. The molecular formula is C102H132ClN24O22-. The van der Waals surface area contributed by atoms with Crippen molar-refractivity contribution in [2.75, 3.05) is 39.3 Å². The minimum atomic E-state index is -1.65. The predicted molar refractivity (Wildman–Crippen MR) is 535 cm³/mol. The van der Waals surface area contributed by atoms with E-state index in [1.165, 1.54) is 61.2 Å². The summed E-state index contributed by atoms with van der Waals surface area (Å²) in [4.78, 5) is 212. The number of primary amides is 3. The van der Waals surface area contributed by atoms with Gasteiger partial charge >= 0.3 is 0 Å². The van der Waals surface area contributed by atoms with Crippen molar-refractivity contribution in [2.24, 2.45) is 22.9 Å². The number of Topliss-reactive ketones (excluding diaryl/α,β-unsaturated/α-hetero) is 1. The lowest BCUT2D eigenvalue weighted by molar-refractivity contribution is -0.145. The average Bonchev–Trinajstić information content (AvgIpc) is 1.63. The number of aliphatic hydroxyl groups excluding tert-OH is 2. The number of benzene rings is 6. The third-order valence-electron chi connectivity index (χ3n) is 28.0. The van der Waals surface area contributed by atoms with Gasteiger partial charge in [-0.25, -0.2) is 14.0 Å². The number of aromatic nitrogens is 9. The lowest BCUT2D eigenvalue weighted by atomic mass is 9.77. The second-order valence-corrected chi connectivity index (χ2v) is 40.3. The van der Waals surface area contributed by atoms with Gasteiger partial charge < -0.3 is 123 Å². The minimum absolute atomic E-state index is 0. The summed E-state index contributed by atoms with van der Waals surface area (Å²) in [7, 11) is 0. The number of carboxylic acid groups (broad SMARTS) is 1. The van der Waals surface area contributed by atoms with Crippen molar-refractivity contribution in [1.29, 1.82) is 0 Å². The third-order valence-corrected chi connectivity index (χ3v) is 28.0. The molecule has 9 aromatic rings. The fraction of sp³-hybridized carbons (Fsp3) is 0.490. The maximum atomic E-state index is 14.4. The highest BCUT2D eigenvalue weighted by molar-refractivity contribution is 6.39. The van der Waals surface area contributed by atoms with E-state index < -0.39 is 194 Å². The van der Waals surface area contributed by atoms with Crippen LogP contribution in [-0.2, 0) is 79.1 Å². The van der Waals surface area contributed by atoms with Crippen LogP contribution in [0.1, 0.15) is 244 Å². The molecule has 0 spiro atoms. The summed E-state index contributed by atoms with van der Waals surface area (Å²) in [5.41, 5.74) is 16.3. The van der Waals surface area contributed by atoms with Crippen LogP contribution in [0.15, 0.2) is 146 Å². The molecule has 15 rings (SSSR count). The van der Waals surface area contributed by atoms with Gasteiger partial charge in [-0.15, -0.1) is 15.3 Å². The number of nitrogens with one attached hydrogen (secondary N) is 8. The van der Waals surface area contributed by atoms with Crippen LogP contribution in [0.3, 0.4) is 0 Å². The first-order valence-corrected chi connectivity index (χ1v) is 49.3. The topological polar surface area (TPSA) is 697 Å². The number of aliphatic carboxylic acids is 1. The van der Waals surface area contributed by atoms with E-state index in [1.807, 2.05) is 78.9 Å². The van der Waals surface area contributed by atoms with E-state index >= 15 is 0 Å². The number of likely N-dealkylation sites (tertiary alicyclic amines) is 3. The van der Waals surface area contributed by atoms with Crippen molar-refractivity contribution >= 4 is 127 Å². The van der Waals surface area contributed by atoms with Crippen LogP contribution < -0.4 is 77.9 Å². The van der Waals surface area contributed by atoms with Gasteiger partial charge in [-0.2, -0.15) is 0 Å². The van der Waals surface area contributed by atoms with Crippen LogP contribution >= 0.6 is 0 Å². The van der Waals surface area contributed by atoms with Crippen molar-refractivity contribution in [1.82, 2.24) is 102 Å². The standard InChI is InChI=1S/C34H44N8O7.C34H42N8O7.C32H42N8O6.C2H4O2.ClH/c2*1-20(43)36-17-25(38-30(46)23-12-11-21-9-5-6-10-22(21)15-23)32(48)41-19-24(42-27(18-37-40-42)33(2,3)49)16-26(41)31(47)39-34(28(44)29(35)45)13-7-4-8-14-34;1-31(2,46)25-17-35-38-40(25)22-15-24(29(44)37-32(26(41)27(34)42)12-6-3-7-13-32)39(18-22)30(45)23(16-33)36-28(43)21-11-10-19-8-4-5-9-20(19)14-21;1-2(3)4;/h5-6,9-12,15,18,24-26,28,44,49H,4,7-8,13-14,16-17,19H2,1-3H3,(H2,35,45)(H,36,43)(H,38,46)(H,39,47);5-6,9-12,15,18,24-26,49H,4,7-8,13-14,16-17,19H2,1-3H3,(H2,35,45)(H,36,43)(H,38,46)(H,39,47);4-5,8-11,14,17,22-24,26,41,46H,3,6-7,12-13,15-16,18,33H2,1-2H3,(H2,34,42)(H,36,43)(H,37,44);1H3,(H,3,4);1H/p-1/t24-,25+,26-,28?;24-,25+,26-;22-,23+,24-,26?;;/m000../s1. The number of carbonyl (C=O) groups excluding carboxylic acids is 15. The second-order valence-electron chi connectivity index (χ2n) is 40.3. The highest BCUT2D eigenvalue weighted by Gasteiger charge is 2.54. The monoisotopic (exact) mass is 2080 g/mol. The Kier molecular flexibility index (Phi) is 37.6. The van der Waals surface area contributed by atoms with E-state index in [4.69, 9.17) is 32.8 Å². The van der Waals surface area contributed by atoms with E-state index in [2.05, 4.69) is 73.5 Å². The summed E-state index contributed by atoms with van der Waals surface area (Å²) in [5.74, 6) is -11.1. The predicted octanol–water partition coefficient (Wildman–Crippen LogP) is -1.67. The number of rotatable bonds is 32. The number of hydrogen-bond acceptors (Lipinski definition) is 28. The van der Waals surface area contributed by atoms with Crippen LogP contribution in [0.5, 0.6) is 0 Å². The molecule has 47 heteroatoms. The van der Waals surface area contributed by atoms with Gasteiger partial charge in [0.1, 0.15) is 58.6 Å². The molecule has 3 aliphatic carbocycles. The van der Waals surface area contributed by atoms with Crippen molar-refractivity contribution < 1.29 is 120 Å². The fourth-order valence-electron chi connectivity index (χ4n) is 20.4. The molecule has 3 aliphatic heterocycles. The Morgan fingerprint density at radius 1 is 0.403 bits per heavy atom. The summed E-state index contributed by atoms with van der Waals surface area (Å²) in [5, 5.41) is 113. The molecule has 11 atom stereocenters. The van der Waals surface area contributed by atoms with Crippen LogP contribution in [0.4, 0.5) is 0 Å². The lowest BCUT2D eigenvalue weighted by Gasteiger charge is -2.41. The number of nitrogens with two attached hydrogens (primary N) is 4. The largest absolute Gasteiger partial charge is 1.00 e. The molecule has 2 unspecified atom stereocenters. The van der Waals surface area contributed by atoms with Crippen molar-refractivity contribution in [3.63, 3.8) is 0 Å². The zero-order chi connectivity index (χ0) is 108. The highest BCUT2D eigenvalue weighted by atomic mass is 35.5. The molecule has 0 radical (unpaired) electrons. The van der Waals surface area contributed by atoms with Gasteiger partial charge in [0.25, 0.3) is 29.6 Å². The Hall–Kier alpha value is -14.7. The van der Waals surface area contributed by atoms with E-state index in [9.17, 15) is 97.5 Å². The summed E-state index contributed by atoms with van der Waals surface area (Å²) in [6.45, 7) is 12.1. The van der Waals surface area contributed by atoms with E-state index in [0.29, 0.717) is 92.4 Å². The number of carbonyl (C=O) groups is 16. The summed E-state index contributed by atoms with van der Waals surface area (Å²) >= 11 is 0. The van der Waals surface area contributed by atoms with Crippen molar-refractivity contribution in [3.05, 3.63) is 180 Å². The third kappa shape index (κ3) is 27.6. The Balaban J connectivity index is 0.000000208. The fourth-order valence-corrected chi connectivity index (χ4v) is 20.4. The molecule has 149 heavy (non-hydrogen) atoms. The zero-order valence-electron chi connectivity index (χ0n) is 84.4. The molecule has 3 aromatic heterocycles. The molecule has 46 nitrogen and oxygen atoms in total. The molecule has 3 saturated carbocycles. The number of nitrogens with zero attached hydrogens (tertiary/aromatic N) is 12. The maximum absolute atomic E-state index is 14.4. The first-order valence-electron chi connectivity index (χ1n) is 49.3. The zero-order valence-corrected chi connectivity index (χ0v) is 85.2. The number of ketones is 1. The van der Waals surface area contributed by atoms with Gasteiger partial charge in [0.15, 0.2) is 12.2 Å². The smallest absolute Gasteiger partial charge is 0.300 e. The Morgan fingerprint density at radius 2 is 0.678 bits per heavy atom. The Bertz CT molecular complexity index is 6420. The quantitative estimate of drug-likeness (QED) is 0.0210. The molecule has 6 heterocycles. The molecule has 6 fully saturated rings. The summed E-state index contributed by atoms with van der Waals surface area (Å²) < 4.78 is 4.42. The molecule has 6 aromatic carbocycles. The molecule has 3 saturated heterocycles. The average molecular weight is 2080 g/mol. The number of amides is 14. The molecule has 800 valence electrons. The first kappa shape index (κ1) is 115. The van der Waals surface area contributed by atoms with Crippen LogP contribution in [0, 0.1) is 0 Å². The summed E-state index contributed by atoms with van der Waals surface area (Å²) in [6, 6.07) is 29.0. The lowest BCUT2D eigenvalue weighted by Crippen LogP contribution is -3.00.